The third kappa shape index (κ3) is 4.71. The molecule has 1 saturated heterocycles. The van der Waals surface area contributed by atoms with Gasteiger partial charge in [-0.15, -0.1) is 11.3 Å². The average molecular weight is 499 g/mol. The van der Waals surface area contributed by atoms with Crippen LogP contribution in [0.3, 0.4) is 0 Å². The van der Waals surface area contributed by atoms with Gasteiger partial charge in [-0.1, -0.05) is 19.8 Å². The highest BCUT2D eigenvalue weighted by molar-refractivity contribution is 7.12. The number of piperazine rings is 1. The Morgan fingerprint density at radius 3 is 2.66 bits per heavy atom. The van der Waals surface area contributed by atoms with E-state index in [1.165, 1.54) is 23.5 Å². The molecule has 2 aromatic rings. The van der Waals surface area contributed by atoms with E-state index in [0.29, 0.717) is 32.5 Å². The van der Waals surface area contributed by atoms with Crippen LogP contribution in [0.25, 0.3) is 0 Å². The lowest BCUT2D eigenvalue weighted by Gasteiger charge is -2.40. The molecule has 1 aromatic heterocycles. The number of nitrogens with zero attached hydrogens (tertiary/aromatic N) is 5. The van der Waals surface area contributed by atoms with E-state index in [1.54, 1.807) is 12.1 Å². The maximum Gasteiger partial charge on any atom is 0.269 e. The molecule has 1 N–H and O–H groups in total. The summed E-state index contributed by atoms with van der Waals surface area (Å²) in [5.41, 5.74) is 5.00. The Hall–Kier alpha value is -3.14. The van der Waals surface area contributed by atoms with Crippen LogP contribution >= 0.6 is 11.3 Å². The van der Waals surface area contributed by atoms with Crippen LogP contribution in [-0.4, -0.2) is 66.5 Å². The van der Waals surface area contributed by atoms with Crippen LogP contribution in [0.1, 0.15) is 48.7 Å². The minimum absolute atomic E-state index is 0.0476. The summed E-state index contributed by atoms with van der Waals surface area (Å²) >= 11 is 1.46. The van der Waals surface area contributed by atoms with Gasteiger partial charge in [-0.25, -0.2) is 4.39 Å². The van der Waals surface area contributed by atoms with Crippen LogP contribution in [0.5, 0.6) is 0 Å². The second kappa shape index (κ2) is 10.2. The summed E-state index contributed by atoms with van der Waals surface area (Å²) < 4.78 is 13.2. The van der Waals surface area contributed by atoms with Crippen LogP contribution < -0.4 is 15.2 Å². The van der Waals surface area contributed by atoms with Gasteiger partial charge < -0.3 is 9.80 Å². The van der Waals surface area contributed by atoms with Gasteiger partial charge >= 0.3 is 0 Å². The van der Waals surface area contributed by atoms with Gasteiger partial charge in [-0.05, 0) is 42.1 Å². The monoisotopic (exact) mass is 498 g/mol. The van der Waals surface area contributed by atoms with Gasteiger partial charge in [0.2, 0.25) is 12.2 Å². The molecule has 3 aliphatic rings. The highest BCUT2D eigenvalue weighted by Crippen LogP contribution is 2.37. The number of nitrogens with one attached hydrogen (secondary N) is 1. The quantitative estimate of drug-likeness (QED) is 0.563. The molecule has 35 heavy (non-hydrogen) atoms. The number of benzene rings is 1. The SMILES string of the molecule is CCCCCN1C(=O)c2sccc2N2C(CCC(=O)N3CCN(c4ccc(F)cc4)CC3)=NNC12. The van der Waals surface area contributed by atoms with Crippen molar-refractivity contribution >= 4 is 40.4 Å². The number of rotatable bonds is 8. The third-order valence-corrected chi connectivity index (χ3v) is 7.77. The van der Waals surface area contributed by atoms with Gasteiger partial charge in [-0.3, -0.25) is 24.8 Å². The lowest BCUT2D eigenvalue weighted by molar-refractivity contribution is -0.131. The Bertz CT molecular complexity index is 1100. The molecule has 10 heteroatoms. The number of thiophene rings is 1. The zero-order valence-electron chi connectivity index (χ0n) is 20.0. The van der Waals surface area contributed by atoms with Crippen LogP contribution in [0.4, 0.5) is 15.8 Å². The first-order valence-electron chi connectivity index (χ1n) is 12.3. The molecule has 0 saturated carbocycles. The smallest absolute Gasteiger partial charge is 0.269 e. The number of fused-ring (bicyclic) bond motifs is 3. The fraction of sp³-hybridized carbons (Fsp3) is 0.480. The summed E-state index contributed by atoms with van der Waals surface area (Å²) in [6, 6.07) is 8.46. The largest absolute Gasteiger partial charge is 0.368 e. The molecular weight excluding hydrogens is 467 g/mol. The zero-order chi connectivity index (χ0) is 24.4. The molecule has 4 heterocycles. The van der Waals surface area contributed by atoms with Gasteiger partial charge in [0.05, 0.1) is 5.69 Å². The van der Waals surface area contributed by atoms with E-state index < -0.39 is 0 Å². The molecule has 8 nitrogen and oxygen atoms in total. The van der Waals surface area contributed by atoms with Crippen molar-refractivity contribution < 1.29 is 14.0 Å². The molecule has 0 bridgehead atoms. The van der Waals surface area contributed by atoms with Gasteiger partial charge in [0.15, 0.2) is 0 Å². The number of unbranched alkanes of at least 4 members (excludes halogenated alkanes) is 2. The standard InChI is InChI=1S/C25H31FN6O2S/c1-2-3-4-12-31-24(34)23-20(11-17-35-23)32-21(27-28-25(31)32)9-10-22(33)30-15-13-29(14-16-30)19-7-5-18(26)6-8-19/h5-8,11,17,25,28H,2-4,9-10,12-16H2,1H3. The molecule has 0 aliphatic carbocycles. The lowest BCUT2D eigenvalue weighted by Crippen LogP contribution is -2.58. The molecule has 1 aromatic carbocycles. The number of hydrogen-bond acceptors (Lipinski definition) is 7. The van der Waals surface area contributed by atoms with Crippen molar-refractivity contribution in [3.8, 4) is 0 Å². The highest BCUT2D eigenvalue weighted by atomic mass is 32.1. The van der Waals surface area contributed by atoms with Gasteiger partial charge in [-0.2, -0.15) is 5.10 Å². The third-order valence-electron chi connectivity index (χ3n) is 6.88. The topological polar surface area (TPSA) is 71.5 Å². The van der Waals surface area contributed by atoms with E-state index in [0.717, 1.165) is 54.4 Å². The summed E-state index contributed by atoms with van der Waals surface area (Å²) in [6.45, 7) is 5.56. The number of carbonyl (C=O) groups is 2. The maximum atomic E-state index is 13.2. The fourth-order valence-electron chi connectivity index (χ4n) is 4.93. The minimum atomic E-state index is -0.328. The Labute approximate surface area is 209 Å². The average Bonchev–Trinajstić information content (AvgIpc) is 3.53. The van der Waals surface area contributed by atoms with E-state index in [-0.39, 0.29) is 23.9 Å². The fourth-order valence-corrected chi connectivity index (χ4v) is 5.77. The summed E-state index contributed by atoms with van der Waals surface area (Å²) in [5.74, 6) is 0.700. The Balaban J connectivity index is 1.18. The Morgan fingerprint density at radius 2 is 1.91 bits per heavy atom. The molecule has 5 rings (SSSR count). The molecule has 186 valence electrons. The molecule has 0 radical (unpaired) electrons. The number of anilines is 2. The van der Waals surface area contributed by atoms with Crippen molar-refractivity contribution in [2.45, 2.75) is 45.3 Å². The van der Waals surface area contributed by atoms with Crippen molar-refractivity contribution in [1.82, 2.24) is 15.2 Å². The molecule has 1 atom stereocenters. The lowest BCUT2D eigenvalue weighted by atomic mass is 10.1. The van der Waals surface area contributed by atoms with Crippen molar-refractivity contribution in [3.05, 3.63) is 46.4 Å². The van der Waals surface area contributed by atoms with Crippen LogP contribution in [0.15, 0.2) is 40.8 Å². The summed E-state index contributed by atoms with van der Waals surface area (Å²) in [4.78, 5) is 34.8. The number of amides is 2. The van der Waals surface area contributed by atoms with E-state index in [4.69, 9.17) is 0 Å². The minimum Gasteiger partial charge on any atom is -0.368 e. The normalized spacial score (nSPS) is 19.4. The number of hydrogen-bond donors (Lipinski definition) is 1. The molecule has 1 fully saturated rings. The first-order chi connectivity index (χ1) is 17.1. The Morgan fingerprint density at radius 1 is 1.14 bits per heavy atom. The second-order valence-corrected chi connectivity index (χ2v) is 10.0. The first-order valence-corrected chi connectivity index (χ1v) is 13.2. The zero-order valence-corrected chi connectivity index (χ0v) is 20.8. The van der Waals surface area contributed by atoms with Crippen LogP contribution in [-0.2, 0) is 4.79 Å². The van der Waals surface area contributed by atoms with Gasteiger partial charge in [0, 0.05) is 51.3 Å². The molecule has 3 aliphatic heterocycles. The second-order valence-electron chi connectivity index (χ2n) is 9.09. The van der Waals surface area contributed by atoms with Crippen molar-refractivity contribution in [2.24, 2.45) is 5.10 Å². The Kier molecular flexibility index (Phi) is 6.90. The van der Waals surface area contributed by atoms with Crippen LogP contribution in [0, 0.1) is 5.82 Å². The highest BCUT2D eigenvalue weighted by Gasteiger charge is 2.43. The van der Waals surface area contributed by atoms with Crippen molar-refractivity contribution in [2.75, 3.05) is 42.5 Å². The molecule has 2 amide bonds. The maximum absolute atomic E-state index is 13.2. The molecule has 1 unspecified atom stereocenters. The summed E-state index contributed by atoms with van der Waals surface area (Å²) in [5, 5.41) is 6.48. The van der Waals surface area contributed by atoms with Gasteiger partial charge in [0.25, 0.3) is 5.91 Å². The summed E-state index contributed by atoms with van der Waals surface area (Å²) in [7, 11) is 0. The van der Waals surface area contributed by atoms with E-state index in [9.17, 15) is 14.0 Å². The number of amidine groups is 1. The number of carbonyl (C=O) groups excluding carboxylic acids is 2. The summed E-state index contributed by atoms with van der Waals surface area (Å²) in [6.07, 6.45) is 3.66. The first kappa shape index (κ1) is 23.6. The van der Waals surface area contributed by atoms with E-state index >= 15 is 0 Å². The van der Waals surface area contributed by atoms with Crippen molar-refractivity contribution in [1.29, 1.82) is 0 Å². The molecule has 0 spiro atoms. The number of hydrazone groups is 1. The van der Waals surface area contributed by atoms with Crippen LogP contribution in [0.2, 0.25) is 0 Å². The van der Waals surface area contributed by atoms with E-state index in [1.807, 2.05) is 21.2 Å². The van der Waals surface area contributed by atoms with E-state index in [2.05, 4.69) is 27.3 Å². The van der Waals surface area contributed by atoms with Crippen molar-refractivity contribution in [3.63, 3.8) is 0 Å². The van der Waals surface area contributed by atoms with Gasteiger partial charge in [0.1, 0.15) is 16.5 Å². The number of halogens is 1. The molecular formula is C25H31FN6O2S. The predicted octanol–water partition coefficient (Wildman–Crippen LogP) is 3.67. The predicted molar refractivity (Wildman–Crippen MR) is 136 cm³/mol.